The van der Waals surface area contributed by atoms with Crippen molar-refractivity contribution in [3.05, 3.63) is 58.1 Å². The number of fused-ring (bicyclic) bond motifs is 3. The average molecular weight is 443 g/mol. The average Bonchev–Trinajstić information content (AvgIpc) is 3.34. The third-order valence-corrected chi connectivity index (χ3v) is 6.65. The van der Waals surface area contributed by atoms with E-state index in [1.54, 1.807) is 28.0 Å². The number of nitrogens with zero attached hydrogens (tertiary/aromatic N) is 4. The monoisotopic (exact) mass is 442 g/mol. The summed E-state index contributed by atoms with van der Waals surface area (Å²) in [6, 6.07) is 12.8. The molecule has 0 spiro atoms. The highest BCUT2D eigenvalue weighted by Crippen LogP contribution is 2.30. The number of anilines is 1. The standard InChI is InChI=1S/C22H20Cl2N4O2/c23-16-8-7-14(12-17(16)24)20(29)26-9-3-4-15(13-26)21(30)28-11-10-27-19-6-2-1-5-18(19)25-22(27)28/h1-2,5-8,12,15H,3-4,9-11,13H2. The third kappa shape index (κ3) is 3.24. The third-order valence-electron chi connectivity index (χ3n) is 5.91. The van der Waals surface area contributed by atoms with Crippen LogP contribution in [-0.4, -0.2) is 45.9 Å². The van der Waals surface area contributed by atoms with E-state index >= 15 is 0 Å². The van der Waals surface area contributed by atoms with E-state index in [0.717, 1.165) is 30.4 Å². The number of benzene rings is 2. The van der Waals surface area contributed by atoms with Crippen molar-refractivity contribution in [1.29, 1.82) is 0 Å². The molecule has 154 valence electrons. The second-order valence-corrected chi connectivity index (χ2v) is 8.58. The van der Waals surface area contributed by atoms with E-state index in [4.69, 9.17) is 23.2 Å². The number of para-hydroxylation sites is 2. The number of piperidine rings is 1. The van der Waals surface area contributed by atoms with E-state index < -0.39 is 0 Å². The summed E-state index contributed by atoms with van der Waals surface area (Å²) in [6.07, 6.45) is 1.55. The summed E-state index contributed by atoms with van der Waals surface area (Å²) in [5.74, 6) is 0.376. The maximum absolute atomic E-state index is 13.3. The van der Waals surface area contributed by atoms with Crippen LogP contribution in [0.2, 0.25) is 10.0 Å². The number of imidazole rings is 1. The van der Waals surface area contributed by atoms with Gasteiger partial charge in [-0.15, -0.1) is 0 Å². The maximum Gasteiger partial charge on any atom is 0.253 e. The Morgan fingerprint density at radius 2 is 1.83 bits per heavy atom. The highest BCUT2D eigenvalue weighted by molar-refractivity contribution is 6.42. The van der Waals surface area contributed by atoms with Gasteiger partial charge in [-0.2, -0.15) is 0 Å². The molecule has 8 heteroatoms. The van der Waals surface area contributed by atoms with Crippen LogP contribution in [0.4, 0.5) is 5.95 Å². The van der Waals surface area contributed by atoms with Crippen LogP contribution in [0.25, 0.3) is 11.0 Å². The lowest BCUT2D eigenvalue weighted by Gasteiger charge is -2.33. The first-order valence-electron chi connectivity index (χ1n) is 10.0. The van der Waals surface area contributed by atoms with Gasteiger partial charge in [0.25, 0.3) is 5.91 Å². The molecule has 2 aliphatic heterocycles. The molecule has 1 atom stereocenters. The van der Waals surface area contributed by atoms with Gasteiger partial charge in [0.15, 0.2) is 0 Å². The minimum Gasteiger partial charge on any atom is -0.338 e. The fourth-order valence-corrected chi connectivity index (χ4v) is 4.69. The van der Waals surface area contributed by atoms with E-state index in [1.165, 1.54) is 0 Å². The van der Waals surface area contributed by atoms with Crippen LogP contribution in [0, 0.1) is 5.92 Å². The largest absolute Gasteiger partial charge is 0.338 e. The Kier molecular flexibility index (Phi) is 4.91. The maximum atomic E-state index is 13.3. The fraction of sp³-hybridized carbons (Fsp3) is 0.318. The summed E-state index contributed by atoms with van der Waals surface area (Å²) in [5.41, 5.74) is 2.42. The zero-order valence-electron chi connectivity index (χ0n) is 16.2. The molecule has 2 amide bonds. The second-order valence-electron chi connectivity index (χ2n) is 7.76. The van der Waals surface area contributed by atoms with Gasteiger partial charge in [0, 0.05) is 31.7 Å². The minimum absolute atomic E-state index is 0.0377. The second kappa shape index (κ2) is 7.60. The zero-order valence-corrected chi connectivity index (χ0v) is 17.7. The SMILES string of the molecule is O=C(c1ccc(Cl)c(Cl)c1)N1CCCC(C(=O)N2CCn3c2nc2ccccc23)C1. The van der Waals surface area contributed by atoms with Gasteiger partial charge in [-0.25, -0.2) is 4.98 Å². The summed E-state index contributed by atoms with van der Waals surface area (Å²) < 4.78 is 2.09. The quantitative estimate of drug-likeness (QED) is 0.596. The Morgan fingerprint density at radius 3 is 2.67 bits per heavy atom. The van der Waals surface area contributed by atoms with E-state index in [-0.39, 0.29) is 17.7 Å². The number of carbonyl (C=O) groups excluding carboxylic acids is 2. The van der Waals surface area contributed by atoms with Gasteiger partial charge in [0.1, 0.15) is 0 Å². The van der Waals surface area contributed by atoms with Gasteiger partial charge >= 0.3 is 0 Å². The zero-order chi connectivity index (χ0) is 20.8. The minimum atomic E-state index is -0.239. The lowest BCUT2D eigenvalue weighted by molar-refractivity contribution is -0.123. The normalized spacial score (nSPS) is 18.7. The van der Waals surface area contributed by atoms with Crippen LogP contribution in [0.5, 0.6) is 0 Å². The number of halogens is 2. The van der Waals surface area contributed by atoms with Crippen molar-refractivity contribution < 1.29 is 9.59 Å². The molecule has 0 radical (unpaired) electrons. The predicted molar refractivity (Wildman–Crippen MR) is 117 cm³/mol. The molecule has 1 unspecified atom stereocenters. The van der Waals surface area contributed by atoms with Crippen LogP contribution in [0.3, 0.4) is 0 Å². The van der Waals surface area contributed by atoms with Gasteiger partial charge < -0.3 is 9.47 Å². The molecule has 0 aliphatic carbocycles. The molecule has 2 aliphatic rings. The topological polar surface area (TPSA) is 58.4 Å². The Bertz CT molecular complexity index is 1160. The highest BCUT2D eigenvalue weighted by atomic mass is 35.5. The molecule has 2 aromatic carbocycles. The first-order chi connectivity index (χ1) is 14.5. The van der Waals surface area contributed by atoms with Crippen LogP contribution in [0.1, 0.15) is 23.2 Å². The van der Waals surface area contributed by atoms with Gasteiger partial charge in [0.05, 0.1) is 27.0 Å². The fourth-order valence-electron chi connectivity index (χ4n) is 4.39. The van der Waals surface area contributed by atoms with Gasteiger partial charge in [-0.3, -0.25) is 14.5 Å². The summed E-state index contributed by atoms with van der Waals surface area (Å²) >= 11 is 12.0. The number of aromatic nitrogens is 2. The van der Waals surface area contributed by atoms with Crippen LogP contribution in [0.15, 0.2) is 42.5 Å². The molecule has 0 N–H and O–H groups in total. The van der Waals surface area contributed by atoms with Crippen molar-refractivity contribution in [1.82, 2.24) is 14.5 Å². The first-order valence-corrected chi connectivity index (χ1v) is 10.8. The van der Waals surface area contributed by atoms with Gasteiger partial charge in [-0.05, 0) is 43.2 Å². The molecule has 1 fully saturated rings. The predicted octanol–water partition coefficient (Wildman–Crippen LogP) is 4.24. The molecule has 3 heterocycles. The number of amides is 2. The Labute approximate surface area is 184 Å². The molecule has 1 aromatic heterocycles. The summed E-state index contributed by atoms with van der Waals surface area (Å²) in [6.45, 7) is 2.37. The van der Waals surface area contributed by atoms with Crippen LogP contribution < -0.4 is 4.90 Å². The van der Waals surface area contributed by atoms with E-state index in [0.29, 0.717) is 41.2 Å². The van der Waals surface area contributed by atoms with Gasteiger partial charge in [-0.1, -0.05) is 35.3 Å². The summed E-state index contributed by atoms with van der Waals surface area (Å²) in [5, 5.41) is 0.764. The number of hydrogen-bond acceptors (Lipinski definition) is 3. The molecule has 3 aromatic rings. The number of carbonyl (C=O) groups is 2. The lowest BCUT2D eigenvalue weighted by atomic mass is 9.96. The van der Waals surface area contributed by atoms with E-state index in [2.05, 4.69) is 9.55 Å². The molecule has 0 saturated carbocycles. The molecule has 5 rings (SSSR count). The van der Waals surface area contributed by atoms with Crippen LogP contribution >= 0.6 is 23.2 Å². The number of likely N-dealkylation sites (tertiary alicyclic amines) is 1. The molecule has 0 bridgehead atoms. The number of rotatable bonds is 2. The molecular formula is C22H20Cl2N4O2. The smallest absolute Gasteiger partial charge is 0.253 e. The molecular weight excluding hydrogens is 423 g/mol. The Balaban J connectivity index is 1.35. The molecule has 1 saturated heterocycles. The summed E-state index contributed by atoms with van der Waals surface area (Å²) in [4.78, 5) is 34.5. The van der Waals surface area contributed by atoms with Gasteiger partial charge in [0.2, 0.25) is 11.9 Å². The van der Waals surface area contributed by atoms with Crippen LogP contribution in [-0.2, 0) is 11.3 Å². The van der Waals surface area contributed by atoms with Crippen molar-refractivity contribution in [3.8, 4) is 0 Å². The Hall–Kier alpha value is -2.57. The first kappa shape index (κ1) is 19.4. The van der Waals surface area contributed by atoms with Crippen molar-refractivity contribution in [2.75, 3.05) is 24.5 Å². The summed E-state index contributed by atoms with van der Waals surface area (Å²) in [7, 11) is 0. The number of hydrogen-bond donors (Lipinski definition) is 0. The van der Waals surface area contributed by atoms with Crippen molar-refractivity contribution >= 4 is 52.0 Å². The molecule has 30 heavy (non-hydrogen) atoms. The Morgan fingerprint density at radius 1 is 1.00 bits per heavy atom. The lowest BCUT2D eigenvalue weighted by Crippen LogP contribution is -2.46. The van der Waals surface area contributed by atoms with Crippen molar-refractivity contribution in [3.63, 3.8) is 0 Å². The highest BCUT2D eigenvalue weighted by Gasteiger charge is 2.36. The van der Waals surface area contributed by atoms with E-state index in [9.17, 15) is 9.59 Å². The van der Waals surface area contributed by atoms with Crippen molar-refractivity contribution in [2.45, 2.75) is 19.4 Å². The van der Waals surface area contributed by atoms with E-state index in [1.807, 2.05) is 24.3 Å². The molecule has 6 nitrogen and oxygen atoms in total. The van der Waals surface area contributed by atoms with Crippen molar-refractivity contribution in [2.24, 2.45) is 5.92 Å².